The van der Waals surface area contributed by atoms with Crippen molar-refractivity contribution in [1.29, 1.82) is 0 Å². The predicted octanol–water partition coefficient (Wildman–Crippen LogP) is 1.37. The first-order chi connectivity index (χ1) is 12.0. The fourth-order valence-corrected chi connectivity index (χ4v) is 3.20. The molecule has 25 heavy (non-hydrogen) atoms. The molecule has 7 nitrogen and oxygen atoms in total. The van der Waals surface area contributed by atoms with E-state index in [1.165, 1.54) is 11.8 Å². The van der Waals surface area contributed by atoms with E-state index in [0.717, 1.165) is 11.3 Å². The van der Waals surface area contributed by atoms with Crippen LogP contribution in [0.1, 0.15) is 12.0 Å². The molecule has 0 bridgehead atoms. The zero-order chi connectivity index (χ0) is 18.2. The van der Waals surface area contributed by atoms with Crippen molar-refractivity contribution >= 4 is 35.2 Å². The lowest BCUT2D eigenvalue weighted by atomic mass is 10.1. The minimum absolute atomic E-state index is 0.135. The summed E-state index contributed by atoms with van der Waals surface area (Å²) >= 11 is 1.21. The second kappa shape index (κ2) is 9.43. The highest BCUT2D eigenvalue weighted by Gasteiger charge is 2.28. The number of thioether (sulfide) groups is 1. The smallest absolute Gasteiger partial charge is 0.305 e. The molecule has 1 heterocycles. The van der Waals surface area contributed by atoms with E-state index in [9.17, 15) is 14.4 Å². The Labute approximate surface area is 150 Å². The minimum Gasteiger partial charge on any atom is -0.481 e. The Morgan fingerprint density at radius 1 is 1.28 bits per heavy atom. The Bertz CT molecular complexity index is 620. The largest absolute Gasteiger partial charge is 0.481 e. The number of ether oxygens (including phenoxy) is 1. The van der Waals surface area contributed by atoms with Gasteiger partial charge in [-0.15, -0.1) is 11.8 Å². The molecule has 0 aliphatic carbocycles. The van der Waals surface area contributed by atoms with Crippen LogP contribution in [0.5, 0.6) is 0 Å². The molecular formula is C17H22N2O5S. The summed E-state index contributed by atoms with van der Waals surface area (Å²) in [5.74, 6) is -1.00. The van der Waals surface area contributed by atoms with Gasteiger partial charge in [0.1, 0.15) is 0 Å². The Hall–Kier alpha value is -2.06. The fraction of sp³-hybridized carbons (Fsp3) is 0.471. The first-order valence-electron chi connectivity index (χ1n) is 7.99. The van der Waals surface area contributed by atoms with E-state index in [1.54, 1.807) is 4.90 Å². The van der Waals surface area contributed by atoms with Gasteiger partial charge in [-0.2, -0.15) is 0 Å². The van der Waals surface area contributed by atoms with Crippen LogP contribution >= 0.6 is 11.8 Å². The monoisotopic (exact) mass is 366 g/mol. The van der Waals surface area contributed by atoms with Crippen molar-refractivity contribution in [1.82, 2.24) is 4.90 Å². The molecule has 2 N–H and O–H groups in total. The number of hydrogen-bond acceptors (Lipinski definition) is 5. The van der Waals surface area contributed by atoms with Gasteiger partial charge >= 0.3 is 5.97 Å². The number of carbonyl (C=O) groups is 3. The third-order valence-electron chi connectivity index (χ3n) is 3.75. The summed E-state index contributed by atoms with van der Waals surface area (Å²) in [5, 5.41) is 11.7. The zero-order valence-corrected chi connectivity index (χ0v) is 14.9. The van der Waals surface area contributed by atoms with Crippen LogP contribution in [0.4, 0.5) is 5.69 Å². The number of benzene rings is 1. The van der Waals surface area contributed by atoms with Gasteiger partial charge < -0.3 is 20.1 Å². The van der Waals surface area contributed by atoms with E-state index in [4.69, 9.17) is 9.84 Å². The average Bonchev–Trinajstić information content (AvgIpc) is 2.57. The van der Waals surface area contributed by atoms with E-state index in [-0.39, 0.29) is 36.3 Å². The SMILES string of the molecule is Cc1ccc(NC(=O)CSCC(=O)N2CCOCC2CC(=O)O)cc1. The van der Waals surface area contributed by atoms with Crippen molar-refractivity contribution < 1.29 is 24.2 Å². The average molecular weight is 366 g/mol. The van der Waals surface area contributed by atoms with E-state index in [0.29, 0.717) is 13.2 Å². The third kappa shape index (κ3) is 6.39. The number of nitrogens with one attached hydrogen (secondary N) is 1. The molecule has 0 spiro atoms. The van der Waals surface area contributed by atoms with Gasteiger partial charge in [0.05, 0.1) is 37.2 Å². The van der Waals surface area contributed by atoms with Gasteiger partial charge in [-0.1, -0.05) is 17.7 Å². The van der Waals surface area contributed by atoms with Crippen LogP contribution < -0.4 is 5.32 Å². The first-order valence-corrected chi connectivity index (χ1v) is 9.14. The molecule has 1 saturated heterocycles. The number of carbonyl (C=O) groups excluding carboxylic acids is 2. The minimum atomic E-state index is -0.960. The molecule has 1 atom stereocenters. The summed E-state index contributed by atoms with van der Waals surface area (Å²) in [5.41, 5.74) is 1.83. The Balaban J connectivity index is 1.75. The van der Waals surface area contributed by atoms with Crippen LogP contribution in [0, 0.1) is 6.92 Å². The molecule has 0 radical (unpaired) electrons. The van der Waals surface area contributed by atoms with Crippen molar-refractivity contribution in [2.24, 2.45) is 0 Å². The summed E-state index contributed by atoms with van der Waals surface area (Å²) < 4.78 is 5.25. The number of nitrogens with zero attached hydrogens (tertiary/aromatic N) is 1. The molecule has 0 aromatic heterocycles. The molecule has 0 saturated carbocycles. The van der Waals surface area contributed by atoms with Crippen LogP contribution in [-0.4, -0.2) is 65.1 Å². The maximum atomic E-state index is 12.3. The van der Waals surface area contributed by atoms with Crippen molar-refractivity contribution in [2.45, 2.75) is 19.4 Å². The number of aliphatic carboxylic acids is 1. The number of rotatable bonds is 7. The molecule has 1 unspecified atom stereocenters. The predicted molar refractivity (Wildman–Crippen MR) is 95.7 cm³/mol. The number of carboxylic acid groups (broad SMARTS) is 1. The van der Waals surface area contributed by atoms with Gasteiger partial charge in [0.2, 0.25) is 11.8 Å². The Morgan fingerprint density at radius 3 is 2.68 bits per heavy atom. The van der Waals surface area contributed by atoms with E-state index in [1.807, 2.05) is 31.2 Å². The molecule has 2 rings (SSSR count). The van der Waals surface area contributed by atoms with Gasteiger partial charge in [0.25, 0.3) is 0 Å². The first kappa shape index (κ1) is 19.3. The van der Waals surface area contributed by atoms with Crippen LogP contribution in [0.3, 0.4) is 0 Å². The third-order valence-corrected chi connectivity index (χ3v) is 4.67. The maximum Gasteiger partial charge on any atom is 0.305 e. The summed E-state index contributed by atoms with van der Waals surface area (Å²) in [6.07, 6.45) is -0.135. The molecule has 1 fully saturated rings. The molecule has 1 aromatic carbocycles. The van der Waals surface area contributed by atoms with Gasteiger partial charge in [0, 0.05) is 12.2 Å². The second-order valence-corrected chi connectivity index (χ2v) is 6.81. The lowest BCUT2D eigenvalue weighted by Crippen LogP contribution is -2.50. The van der Waals surface area contributed by atoms with Crippen molar-refractivity contribution in [3.8, 4) is 0 Å². The fourth-order valence-electron chi connectivity index (χ4n) is 2.50. The molecule has 136 valence electrons. The van der Waals surface area contributed by atoms with Crippen molar-refractivity contribution in [3.05, 3.63) is 29.8 Å². The number of carboxylic acids is 1. The van der Waals surface area contributed by atoms with Crippen LogP contribution in [-0.2, 0) is 19.1 Å². The van der Waals surface area contributed by atoms with Crippen molar-refractivity contribution in [3.63, 3.8) is 0 Å². The maximum absolute atomic E-state index is 12.3. The summed E-state index contributed by atoms with van der Waals surface area (Å²) in [6.45, 7) is 2.99. The van der Waals surface area contributed by atoms with E-state index >= 15 is 0 Å². The van der Waals surface area contributed by atoms with Gasteiger partial charge in [0.15, 0.2) is 0 Å². The summed E-state index contributed by atoms with van der Waals surface area (Å²) in [4.78, 5) is 36.6. The van der Waals surface area contributed by atoms with Crippen LogP contribution in [0.15, 0.2) is 24.3 Å². The molecule has 1 aromatic rings. The molecule has 1 aliphatic rings. The van der Waals surface area contributed by atoms with Crippen LogP contribution in [0.25, 0.3) is 0 Å². The van der Waals surface area contributed by atoms with Gasteiger partial charge in [-0.3, -0.25) is 14.4 Å². The lowest BCUT2D eigenvalue weighted by Gasteiger charge is -2.34. The number of amides is 2. The zero-order valence-electron chi connectivity index (χ0n) is 14.1. The summed E-state index contributed by atoms with van der Waals surface area (Å²) in [6, 6.07) is 7.03. The number of anilines is 1. The Morgan fingerprint density at radius 2 is 2.00 bits per heavy atom. The number of morpholine rings is 1. The Kier molecular flexibility index (Phi) is 7.27. The molecule has 1 aliphatic heterocycles. The van der Waals surface area contributed by atoms with Gasteiger partial charge in [-0.05, 0) is 19.1 Å². The second-order valence-electron chi connectivity index (χ2n) is 5.82. The van der Waals surface area contributed by atoms with E-state index < -0.39 is 12.0 Å². The molecular weight excluding hydrogens is 344 g/mol. The highest BCUT2D eigenvalue weighted by atomic mass is 32.2. The van der Waals surface area contributed by atoms with Gasteiger partial charge in [-0.25, -0.2) is 0 Å². The highest BCUT2D eigenvalue weighted by Crippen LogP contribution is 2.14. The lowest BCUT2D eigenvalue weighted by molar-refractivity contribution is -0.144. The standard InChI is InChI=1S/C17H22N2O5S/c1-12-2-4-13(5-3-12)18-15(20)10-25-11-16(21)19-6-7-24-9-14(19)8-17(22)23/h2-5,14H,6-11H2,1H3,(H,18,20)(H,22,23). The highest BCUT2D eigenvalue weighted by molar-refractivity contribution is 8.00. The van der Waals surface area contributed by atoms with E-state index in [2.05, 4.69) is 5.32 Å². The number of hydrogen-bond donors (Lipinski definition) is 2. The quantitative estimate of drug-likeness (QED) is 0.757. The topological polar surface area (TPSA) is 95.9 Å². The summed E-state index contributed by atoms with van der Waals surface area (Å²) in [7, 11) is 0. The van der Waals surface area contributed by atoms with Crippen molar-refractivity contribution in [2.75, 3.05) is 36.6 Å². The van der Waals surface area contributed by atoms with Crippen LogP contribution in [0.2, 0.25) is 0 Å². The molecule has 8 heteroatoms. The number of aryl methyl sites for hydroxylation is 1. The normalized spacial score (nSPS) is 17.2. The molecule has 2 amide bonds.